The molecule has 2 aromatic rings. The number of benzene rings is 1. The van der Waals surface area contributed by atoms with Crippen LogP contribution in [-0.2, 0) is 6.61 Å². The SMILES string of the molecule is NCCNC1c2ccccc2OCc2ncccc21. The third kappa shape index (κ3) is 2.32. The molecule has 0 saturated heterocycles. The highest BCUT2D eigenvalue weighted by atomic mass is 16.5. The molecule has 0 saturated carbocycles. The highest BCUT2D eigenvalue weighted by molar-refractivity contribution is 5.44. The van der Waals surface area contributed by atoms with Crippen molar-refractivity contribution < 1.29 is 4.74 Å². The van der Waals surface area contributed by atoms with Crippen molar-refractivity contribution in [3.05, 3.63) is 59.4 Å². The average molecular weight is 255 g/mol. The molecule has 2 heterocycles. The van der Waals surface area contributed by atoms with Crippen molar-refractivity contribution in [3.8, 4) is 5.75 Å². The predicted octanol–water partition coefficient (Wildman–Crippen LogP) is 1.61. The first-order chi connectivity index (χ1) is 9.40. The maximum atomic E-state index is 5.85. The summed E-state index contributed by atoms with van der Waals surface area (Å²) in [6.07, 6.45) is 1.80. The summed E-state index contributed by atoms with van der Waals surface area (Å²) in [7, 11) is 0. The lowest BCUT2D eigenvalue weighted by atomic mass is 9.97. The van der Waals surface area contributed by atoms with E-state index in [4.69, 9.17) is 10.5 Å². The Labute approximate surface area is 112 Å². The van der Waals surface area contributed by atoms with Crippen LogP contribution in [0.4, 0.5) is 0 Å². The Kier molecular flexibility index (Phi) is 3.44. The average Bonchev–Trinajstić information content (AvgIpc) is 2.62. The van der Waals surface area contributed by atoms with Gasteiger partial charge in [0.1, 0.15) is 12.4 Å². The van der Waals surface area contributed by atoms with Gasteiger partial charge in [-0.3, -0.25) is 4.98 Å². The van der Waals surface area contributed by atoms with Crippen molar-refractivity contribution in [2.75, 3.05) is 13.1 Å². The number of para-hydroxylation sites is 1. The van der Waals surface area contributed by atoms with Gasteiger partial charge in [-0.15, -0.1) is 0 Å². The lowest BCUT2D eigenvalue weighted by Gasteiger charge is -2.19. The molecule has 1 atom stereocenters. The molecule has 4 heteroatoms. The number of rotatable bonds is 3. The van der Waals surface area contributed by atoms with E-state index in [9.17, 15) is 0 Å². The van der Waals surface area contributed by atoms with E-state index in [2.05, 4.69) is 22.4 Å². The predicted molar refractivity (Wildman–Crippen MR) is 73.9 cm³/mol. The highest BCUT2D eigenvalue weighted by Gasteiger charge is 2.24. The fourth-order valence-corrected chi connectivity index (χ4v) is 2.45. The molecular weight excluding hydrogens is 238 g/mol. The molecule has 0 amide bonds. The van der Waals surface area contributed by atoms with Crippen molar-refractivity contribution in [1.29, 1.82) is 0 Å². The van der Waals surface area contributed by atoms with Crippen LogP contribution in [-0.4, -0.2) is 18.1 Å². The van der Waals surface area contributed by atoms with E-state index in [0.29, 0.717) is 13.2 Å². The molecule has 98 valence electrons. The first-order valence-corrected chi connectivity index (χ1v) is 6.49. The van der Waals surface area contributed by atoms with Crippen molar-refractivity contribution in [2.45, 2.75) is 12.6 Å². The zero-order valence-corrected chi connectivity index (χ0v) is 10.7. The summed E-state index contributed by atoms with van der Waals surface area (Å²) in [6.45, 7) is 1.87. The minimum Gasteiger partial charge on any atom is -0.487 e. The minimum atomic E-state index is 0.0888. The zero-order chi connectivity index (χ0) is 13.1. The maximum absolute atomic E-state index is 5.85. The van der Waals surface area contributed by atoms with Crippen LogP contribution in [0.25, 0.3) is 0 Å². The van der Waals surface area contributed by atoms with Crippen LogP contribution in [0.3, 0.4) is 0 Å². The Morgan fingerprint density at radius 2 is 2.05 bits per heavy atom. The molecule has 1 aliphatic rings. The zero-order valence-electron chi connectivity index (χ0n) is 10.7. The van der Waals surface area contributed by atoms with Crippen LogP contribution in [0, 0.1) is 0 Å². The van der Waals surface area contributed by atoms with Gasteiger partial charge in [0.05, 0.1) is 11.7 Å². The van der Waals surface area contributed by atoms with E-state index in [1.54, 1.807) is 6.20 Å². The van der Waals surface area contributed by atoms with Gasteiger partial charge in [0.25, 0.3) is 0 Å². The number of nitrogens with zero attached hydrogens (tertiary/aromatic N) is 1. The van der Waals surface area contributed by atoms with Gasteiger partial charge in [0.15, 0.2) is 0 Å². The number of pyridine rings is 1. The van der Waals surface area contributed by atoms with Gasteiger partial charge in [-0.05, 0) is 17.7 Å². The van der Waals surface area contributed by atoms with Crippen molar-refractivity contribution in [2.24, 2.45) is 5.73 Å². The van der Waals surface area contributed by atoms with E-state index >= 15 is 0 Å². The summed E-state index contributed by atoms with van der Waals surface area (Å²) in [5.41, 5.74) is 8.90. The standard InChI is InChI=1S/C15H17N3O/c16-7-9-18-15-11-5-3-8-17-13(11)10-19-14-6-2-1-4-12(14)15/h1-6,8,15,18H,7,9-10,16H2. The quantitative estimate of drug-likeness (QED) is 0.875. The van der Waals surface area contributed by atoms with Crippen LogP contribution in [0.15, 0.2) is 42.6 Å². The molecule has 3 N–H and O–H groups in total. The molecular formula is C15H17N3O. The Bertz CT molecular complexity index is 523. The number of ether oxygens (including phenoxy) is 1. The van der Waals surface area contributed by atoms with Gasteiger partial charge < -0.3 is 15.8 Å². The first-order valence-electron chi connectivity index (χ1n) is 6.49. The smallest absolute Gasteiger partial charge is 0.131 e. The summed E-state index contributed by atoms with van der Waals surface area (Å²) in [6, 6.07) is 12.3. The summed E-state index contributed by atoms with van der Waals surface area (Å²) in [4.78, 5) is 4.42. The third-order valence-electron chi connectivity index (χ3n) is 3.32. The second-order valence-electron chi connectivity index (χ2n) is 4.54. The van der Waals surface area contributed by atoms with E-state index in [-0.39, 0.29) is 6.04 Å². The molecule has 19 heavy (non-hydrogen) atoms. The second kappa shape index (κ2) is 5.38. The fraction of sp³-hybridized carbons (Fsp3) is 0.267. The molecule has 0 fully saturated rings. The maximum Gasteiger partial charge on any atom is 0.131 e. The summed E-state index contributed by atoms with van der Waals surface area (Å²) < 4.78 is 5.85. The molecule has 3 rings (SSSR count). The summed E-state index contributed by atoms with van der Waals surface area (Å²) in [5, 5.41) is 3.48. The van der Waals surface area contributed by atoms with E-state index < -0.39 is 0 Å². The number of aromatic nitrogens is 1. The highest BCUT2D eigenvalue weighted by Crippen LogP contribution is 2.34. The second-order valence-corrected chi connectivity index (χ2v) is 4.54. The van der Waals surface area contributed by atoms with Crippen LogP contribution in [0.2, 0.25) is 0 Å². The Morgan fingerprint density at radius 1 is 1.21 bits per heavy atom. The topological polar surface area (TPSA) is 60.2 Å². The van der Waals surface area contributed by atoms with Crippen LogP contribution in [0.5, 0.6) is 5.75 Å². The molecule has 0 bridgehead atoms. The fourth-order valence-electron chi connectivity index (χ4n) is 2.45. The number of nitrogens with two attached hydrogens (primary N) is 1. The lowest BCUT2D eigenvalue weighted by Crippen LogP contribution is -2.28. The van der Waals surface area contributed by atoms with Gasteiger partial charge in [0, 0.05) is 24.8 Å². The van der Waals surface area contributed by atoms with Crippen molar-refractivity contribution >= 4 is 0 Å². The van der Waals surface area contributed by atoms with Gasteiger partial charge in [-0.25, -0.2) is 0 Å². The van der Waals surface area contributed by atoms with Gasteiger partial charge in [-0.2, -0.15) is 0 Å². The molecule has 4 nitrogen and oxygen atoms in total. The van der Waals surface area contributed by atoms with Crippen LogP contribution < -0.4 is 15.8 Å². The molecule has 0 aliphatic carbocycles. The molecule has 0 radical (unpaired) electrons. The van der Waals surface area contributed by atoms with E-state index in [1.165, 1.54) is 5.56 Å². The molecule has 1 aliphatic heterocycles. The normalized spacial score (nSPS) is 17.0. The summed E-state index contributed by atoms with van der Waals surface area (Å²) >= 11 is 0. The molecule has 1 aromatic carbocycles. The molecule has 1 unspecified atom stereocenters. The molecule has 0 spiro atoms. The third-order valence-corrected chi connectivity index (χ3v) is 3.32. The Balaban J connectivity index is 2.08. The Hall–Kier alpha value is -1.91. The van der Waals surface area contributed by atoms with Gasteiger partial charge >= 0.3 is 0 Å². The lowest BCUT2D eigenvalue weighted by molar-refractivity contribution is 0.302. The van der Waals surface area contributed by atoms with Crippen molar-refractivity contribution in [3.63, 3.8) is 0 Å². The number of hydrogen-bond donors (Lipinski definition) is 2. The first kappa shape index (κ1) is 12.1. The van der Waals surface area contributed by atoms with Crippen LogP contribution >= 0.6 is 0 Å². The monoisotopic (exact) mass is 255 g/mol. The van der Waals surface area contributed by atoms with Crippen LogP contribution in [0.1, 0.15) is 22.9 Å². The van der Waals surface area contributed by atoms with E-state index in [1.807, 2.05) is 24.3 Å². The van der Waals surface area contributed by atoms with Gasteiger partial charge in [-0.1, -0.05) is 24.3 Å². The largest absolute Gasteiger partial charge is 0.487 e. The van der Waals surface area contributed by atoms with Crippen molar-refractivity contribution in [1.82, 2.24) is 10.3 Å². The number of hydrogen-bond acceptors (Lipinski definition) is 4. The van der Waals surface area contributed by atoms with E-state index in [0.717, 1.165) is 23.6 Å². The summed E-state index contributed by atoms with van der Waals surface area (Å²) in [5.74, 6) is 0.912. The number of fused-ring (bicyclic) bond motifs is 2. The molecule has 1 aromatic heterocycles. The van der Waals surface area contributed by atoms with Gasteiger partial charge in [0.2, 0.25) is 0 Å². The number of nitrogens with one attached hydrogen (secondary N) is 1. The Morgan fingerprint density at radius 3 is 2.95 bits per heavy atom. The minimum absolute atomic E-state index is 0.0888.